The lowest BCUT2D eigenvalue weighted by Gasteiger charge is -2.00. The maximum atomic E-state index is 12.3. The molecule has 2 aromatic carbocycles. The summed E-state index contributed by atoms with van der Waals surface area (Å²) < 4.78 is 11.5. The van der Waals surface area contributed by atoms with Crippen molar-refractivity contribution in [2.45, 2.75) is 0 Å². The van der Waals surface area contributed by atoms with Crippen molar-refractivity contribution >= 4 is 49.6 Å². The van der Waals surface area contributed by atoms with Crippen molar-refractivity contribution in [3.05, 3.63) is 74.4 Å². The Morgan fingerprint density at radius 3 is 3.00 bits per heavy atom. The number of hydrogen-bond donors (Lipinski definition) is 1. The fraction of sp³-hybridized carbons (Fsp3) is 0.0500. The Bertz CT molecular complexity index is 1230. The third-order valence-electron chi connectivity index (χ3n) is 3.94. The lowest BCUT2D eigenvalue weighted by Crippen LogP contribution is -2.03. The molecule has 8 heteroatoms. The number of methoxy groups -OCH3 is 1. The maximum Gasteiger partial charge on any atom is 0.345 e. The molecular weight excluding hydrogens is 442 g/mol. The molecule has 140 valence electrons. The molecule has 0 aliphatic carbocycles. The smallest absolute Gasteiger partial charge is 0.345 e. The highest BCUT2D eigenvalue weighted by Gasteiger charge is 2.11. The standard InChI is InChI=1S/C20H14BrN3O3S/c1-26-15-4-2-3-12(7-15)10-22-24-20-23-17(11-28-20)16-9-13-8-14(21)5-6-18(13)27-19(16)25/h2-11H,1H3,(H,23,24). The van der Waals surface area contributed by atoms with E-state index in [0.717, 1.165) is 21.2 Å². The third-order valence-corrected chi connectivity index (χ3v) is 5.18. The molecule has 0 fully saturated rings. The number of fused-ring (bicyclic) bond motifs is 1. The van der Waals surface area contributed by atoms with Crippen LogP contribution < -0.4 is 15.8 Å². The van der Waals surface area contributed by atoms with E-state index in [2.05, 4.69) is 31.4 Å². The highest BCUT2D eigenvalue weighted by atomic mass is 79.9. The van der Waals surface area contributed by atoms with Crippen LogP contribution in [0.1, 0.15) is 5.56 Å². The highest BCUT2D eigenvalue weighted by molar-refractivity contribution is 9.10. The highest BCUT2D eigenvalue weighted by Crippen LogP contribution is 2.26. The molecule has 0 radical (unpaired) electrons. The van der Waals surface area contributed by atoms with Gasteiger partial charge in [0.15, 0.2) is 0 Å². The van der Waals surface area contributed by atoms with Crippen LogP contribution in [0.5, 0.6) is 5.75 Å². The second-order valence-corrected chi connectivity index (χ2v) is 7.59. The molecule has 28 heavy (non-hydrogen) atoms. The largest absolute Gasteiger partial charge is 0.497 e. The molecule has 0 aliphatic rings. The van der Waals surface area contributed by atoms with Gasteiger partial charge in [0.25, 0.3) is 0 Å². The van der Waals surface area contributed by atoms with Crippen molar-refractivity contribution in [1.82, 2.24) is 4.98 Å². The van der Waals surface area contributed by atoms with Gasteiger partial charge in [-0.3, -0.25) is 5.43 Å². The third kappa shape index (κ3) is 3.97. The normalized spacial score (nSPS) is 11.2. The Morgan fingerprint density at radius 1 is 1.25 bits per heavy atom. The van der Waals surface area contributed by atoms with Gasteiger partial charge in [0.05, 0.1) is 24.6 Å². The number of nitrogens with one attached hydrogen (secondary N) is 1. The number of aromatic nitrogens is 1. The molecule has 0 aliphatic heterocycles. The molecule has 0 saturated heterocycles. The molecule has 0 bridgehead atoms. The van der Waals surface area contributed by atoms with Crippen LogP contribution >= 0.6 is 27.3 Å². The van der Waals surface area contributed by atoms with Gasteiger partial charge < -0.3 is 9.15 Å². The Labute approximate surface area is 172 Å². The second kappa shape index (κ2) is 7.95. The minimum absolute atomic E-state index is 0.409. The van der Waals surface area contributed by atoms with Crippen LogP contribution in [0.4, 0.5) is 5.13 Å². The summed E-state index contributed by atoms with van der Waals surface area (Å²) in [6.07, 6.45) is 1.67. The molecule has 2 heterocycles. The van der Waals surface area contributed by atoms with Crippen LogP contribution in [0.15, 0.2) is 72.7 Å². The minimum atomic E-state index is -0.424. The van der Waals surface area contributed by atoms with E-state index >= 15 is 0 Å². The number of rotatable bonds is 5. The van der Waals surface area contributed by atoms with Crippen molar-refractivity contribution in [3.8, 4) is 17.0 Å². The predicted molar refractivity (Wildman–Crippen MR) is 116 cm³/mol. The number of ether oxygens (including phenoxy) is 1. The molecule has 0 atom stereocenters. The summed E-state index contributed by atoms with van der Waals surface area (Å²) in [5.41, 5.74) is 4.84. The van der Waals surface area contributed by atoms with Crippen LogP contribution in [0, 0.1) is 0 Å². The van der Waals surface area contributed by atoms with Gasteiger partial charge in [0, 0.05) is 15.2 Å². The van der Waals surface area contributed by atoms with Crippen LogP contribution in [-0.2, 0) is 0 Å². The summed E-state index contributed by atoms with van der Waals surface area (Å²) in [5.74, 6) is 0.759. The van der Waals surface area contributed by atoms with Crippen LogP contribution in [-0.4, -0.2) is 18.3 Å². The first-order chi connectivity index (χ1) is 13.6. The first kappa shape index (κ1) is 18.4. The fourth-order valence-electron chi connectivity index (χ4n) is 2.61. The van der Waals surface area contributed by atoms with Gasteiger partial charge in [-0.25, -0.2) is 9.78 Å². The van der Waals surface area contributed by atoms with Crippen molar-refractivity contribution in [3.63, 3.8) is 0 Å². The number of nitrogens with zero attached hydrogens (tertiary/aromatic N) is 2. The minimum Gasteiger partial charge on any atom is -0.497 e. The van der Waals surface area contributed by atoms with Gasteiger partial charge in [-0.2, -0.15) is 5.10 Å². The molecule has 2 aromatic heterocycles. The Balaban J connectivity index is 1.56. The van der Waals surface area contributed by atoms with E-state index in [4.69, 9.17) is 9.15 Å². The van der Waals surface area contributed by atoms with Gasteiger partial charge in [0.2, 0.25) is 5.13 Å². The van der Waals surface area contributed by atoms with Gasteiger partial charge >= 0.3 is 5.63 Å². The fourth-order valence-corrected chi connectivity index (χ4v) is 3.64. The van der Waals surface area contributed by atoms with E-state index in [0.29, 0.717) is 22.0 Å². The van der Waals surface area contributed by atoms with Gasteiger partial charge in [-0.1, -0.05) is 28.1 Å². The van der Waals surface area contributed by atoms with Gasteiger partial charge in [0.1, 0.15) is 11.3 Å². The lowest BCUT2D eigenvalue weighted by molar-refractivity contribution is 0.415. The molecule has 1 N–H and O–H groups in total. The summed E-state index contributed by atoms with van der Waals surface area (Å²) in [4.78, 5) is 16.7. The first-order valence-corrected chi connectivity index (χ1v) is 9.92. The number of anilines is 1. The monoisotopic (exact) mass is 455 g/mol. The average molecular weight is 456 g/mol. The molecule has 4 rings (SSSR count). The molecule has 0 spiro atoms. The quantitative estimate of drug-likeness (QED) is 0.256. The zero-order valence-corrected chi connectivity index (χ0v) is 17.1. The van der Waals surface area contributed by atoms with Gasteiger partial charge in [-0.05, 0) is 42.0 Å². The summed E-state index contributed by atoms with van der Waals surface area (Å²) in [5, 5.41) is 7.37. The zero-order valence-electron chi connectivity index (χ0n) is 14.7. The lowest BCUT2D eigenvalue weighted by atomic mass is 10.1. The van der Waals surface area contributed by atoms with Crippen LogP contribution in [0.3, 0.4) is 0 Å². The average Bonchev–Trinajstić information content (AvgIpc) is 3.16. The van der Waals surface area contributed by atoms with Gasteiger partial charge in [-0.15, -0.1) is 11.3 Å². The number of hydrazone groups is 1. The van der Waals surface area contributed by atoms with E-state index in [-0.39, 0.29) is 0 Å². The zero-order chi connectivity index (χ0) is 19.5. The SMILES string of the molecule is COc1cccc(C=NNc2nc(-c3cc4cc(Br)ccc4oc3=O)cs2)c1. The number of hydrogen-bond acceptors (Lipinski definition) is 7. The van der Waals surface area contributed by atoms with E-state index in [9.17, 15) is 4.79 Å². The summed E-state index contributed by atoms with van der Waals surface area (Å²) in [7, 11) is 1.62. The number of thiazole rings is 1. The molecule has 0 saturated carbocycles. The van der Waals surface area contributed by atoms with Crippen LogP contribution in [0.2, 0.25) is 0 Å². The predicted octanol–water partition coefficient (Wildman–Crippen LogP) is 5.13. The molecule has 6 nitrogen and oxygen atoms in total. The van der Waals surface area contributed by atoms with Crippen molar-refractivity contribution < 1.29 is 9.15 Å². The van der Waals surface area contributed by atoms with Crippen LogP contribution in [0.25, 0.3) is 22.2 Å². The van der Waals surface area contributed by atoms with Crippen molar-refractivity contribution in [2.24, 2.45) is 5.10 Å². The topological polar surface area (TPSA) is 76.7 Å². The maximum absolute atomic E-state index is 12.3. The molecule has 0 unspecified atom stereocenters. The summed E-state index contributed by atoms with van der Waals surface area (Å²) in [6, 6.07) is 14.8. The number of benzene rings is 2. The van der Waals surface area contributed by atoms with E-state index < -0.39 is 5.63 Å². The Hall–Kier alpha value is -2.97. The van der Waals surface area contributed by atoms with Crippen molar-refractivity contribution in [2.75, 3.05) is 12.5 Å². The Kier molecular flexibility index (Phi) is 5.23. The molecule has 0 amide bonds. The second-order valence-electron chi connectivity index (χ2n) is 5.81. The van der Waals surface area contributed by atoms with Crippen molar-refractivity contribution in [1.29, 1.82) is 0 Å². The van der Waals surface area contributed by atoms with E-state index in [1.807, 2.05) is 36.4 Å². The Morgan fingerprint density at radius 2 is 2.14 bits per heavy atom. The molecule has 4 aromatic rings. The number of halogens is 1. The summed E-state index contributed by atoms with van der Waals surface area (Å²) in [6.45, 7) is 0. The van der Waals surface area contributed by atoms with E-state index in [1.165, 1.54) is 11.3 Å². The summed E-state index contributed by atoms with van der Waals surface area (Å²) >= 11 is 4.78. The first-order valence-electron chi connectivity index (χ1n) is 8.25. The van der Waals surface area contributed by atoms with E-state index in [1.54, 1.807) is 30.8 Å². The molecular formula is C20H14BrN3O3S.